The molecule has 0 aromatic heterocycles. The third-order valence-corrected chi connectivity index (χ3v) is 4.75. The van der Waals surface area contributed by atoms with E-state index in [4.69, 9.17) is 0 Å². The fourth-order valence-electron chi connectivity index (χ4n) is 2.12. The van der Waals surface area contributed by atoms with E-state index in [0.717, 1.165) is 22.0 Å². The van der Waals surface area contributed by atoms with Crippen molar-refractivity contribution in [2.75, 3.05) is 26.1 Å². The van der Waals surface area contributed by atoms with Crippen LogP contribution in [0.4, 0.5) is 0 Å². The Labute approximate surface area is 139 Å². The molecule has 4 nitrogen and oxygen atoms in total. The molecule has 1 aromatic carbocycles. The minimum atomic E-state index is -0.195. The highest BCUT2D eigenvalue weighted by atomic mass is 32.2. The van der Waals surface area contributed by atoms with Gasteiger partial charge in [-0.05, 0) is 30.7 Å². The van der Waals surface area contributed by atoms with Gasteiger partial charge in [0.15, 0.2) is 0 Å². The highest BCUT2D eigenvalue weighted by Crippen LogP contribution is 2.29. The number of amides is 1. The number of likely N-dealkylation sites (N-methyl/N-ethyl adjacent to an activating group) is 1. The van der Waals surface area contributed by atoms with Crippen LogP contribution in [-0.2, 0) is 0 Å². The monoisotopic (exact) mass is 331 g/mol. The van der Waals surface area contributed by atoms with Crippen LogP contribution in [-0.4, -0.2) is 36.9 Å². The van der Waals surface area contributed by atoms with Gasteiger partial charge >= 0.3 is 0 Å². The fraction of sp³-hybridized carbons (Fsp3) is 0.250. The summed E-state index contributed by atoms with van der Waals surface area (Å²) in [6.45, 7) is 0.830. The molecule has 6 heteroatoms. The van der Waals surface area contributed by atoms with Gasteiger partial charge in [0.25, 0.3) is 5.91 Å². The third-order valence-electron chi connectivity index (χ3n) is 3.19. The van der Waals surface area contributed by atoms with Crippen LogP contribution in [0.3, 0.4) is 0 Å². The molecule has 0 unspecified atom stereocenters. The third kappa shape index (κ3) is 3.67. The zero-order chi connectivity index (χ0) is 16.1. The normalized spacial score (nSPS) is 13.5. The minimum Gasteiger partial charge on any atom is -0.375 e. The van der Waals surface area contributed by atoms with E-state index < -0.39 is 0 Å². The van der Waals surface area contributed by atoms with Gasteiger partial charge in [0.1, 0.15) is 6.07 Å². The number of nitrogens with one attached hydrogen (secondary N) is 1. The number of nitrogens with zero attached hydrogens (tertiary/aromatic N) is 2. The Morgan fingerprint density at radius 2 is 2.05 bits per heavy atom. The first-order valence-electron chi connectivity index (χ1n) is 6.65. The van der Waals surface area contributed by atoms with Crippen molar-refractivity contribution >= 4 is 29.4 Å². The van der Waals surface area contributed by atoms with Crippen molar-refractivity contribution in [1.82, 2.24) is 10.2 Å². The van der Waals surface area contributed by atoms with Crippen LogP contribution in [0.15, 0.2) is 46.0 Å². The lowest BCUT2D eigenvalue weighted by atomic mass is 10.1. The maximum absolute atomic E-state index is 12.5. The summed E-state index contributed by atoms with van der Waals surface area (Å²) in [7, 11) is 1.95. The summed E-state index contributed by atoms with van der Waals surface area (Å²) in [5.41, 5.74) is 1.81. The maximum atomic E-state index is 12.5. The number of hydrogen-bond acceptors (Lipinski definition) is 5. The first-order chi connectivity index (χ1) is 10.6. The molecule has 1 aliphatic heterocycles. The predicted molar refractivity (Wildman–Crippen MR) is 92.0 cm³/mol. The lowest BCUT2D eigenvalue weighted by Gasteiger charge is -2.19. The standard InChI is InChI=1S/C16H17N3OS2/c1-19-6-4-5-12(10-19)18-16(20)13-7-11(9-17)14(21-2)8-15(13)22-3/h4-5,7-8,10H,6H2,1-3H3,(H,18,20). The molecule has 0 fully saturated rings. The van der Waals surface area contributed by atoms with E-state index in [9.17, 15) is 10.1 Å². The van der Waals surface area contributed by atoms with E-state index in [0.29, 0.717) is 11.1 Å². The topological polar surface area (TPSA) is 56.1 Å². The lowest BCUT2D eigenvalue weighted by Crippen LogP contribution is -2.26. The largest absolute Gasteiger partial charge is 0.375 e. The molecule has 0 bridgehead atoms. The molecule has 0 radical (unpaired) electrons. The van der Waals surface area contributed by atoms with E-state index in [1.165, 1.54) is 23.5 Å². The van der Waals surface area contributed by atoms with Crippen molar-refractivity contribution in [3.63, 3.8) is 0 Å². The molecule has 0 atom stereocenters. The van der Waals surface area contributed by atoms with Gasteiger partial charge in [-0.2, -0.15) is 5.26 Å². The Morgan fingerprint density at radius 3 is 2.64 bits per heavy atom. The second-order valence-electron chi connectivity index (χ2n) is 4.75. The van der Waals surface area contributed by atoms with Crippen LogP contribution < -0.4 is 5.32 Å². The summed E-state index contributed by atoms with van der Waals surface area (Å²) < 4.78 is 0. The summed E-state index contributed by atoms with van der Waals surface area (Å²) in [5, 5.41) is 12.1. The maximum Gasteiger partial charge on any atom is 0.256 e. The van der Waals surface area contributed by atoms with Crippen molar-refractivity contribution < 1.29 is 4.79 Å². The number of hydrogen-bond donors (Lipinski definition) is 1. The number of carbonyl (C=O) groups is 1. The Balaban J connectivity index is 2.33. The summed E-state index contributed by atoms with van der Waals surface area (Å²) in [6, 6.07) is 5.73. The SMILES string of the molecule is CSc1cc(SC)c(C(=O)NC2=CN(C)CC=C2)cc1C#N. The first-order valence-corrected chi connectivity index (χ1v) is 9.10. The van der Waals surface area contributed by atoms with E-state index in [-0.39, 0.29) is 5.91 Å². The van der Waals surface area contributed by atoms with Crippen LogP contribution in [0.1, 0.15) is 15.9 Å². The zero-order valence-electron chi connectivity index (χ0n) is 12.7. The van der Waals surface area contributed by atoms with Crippen LogP contribution in [0.2, 0.25) is 0 Å². The Kier molecular flexibility index (Phi) is 5.58. The van der Waals surface area contributed by atoms with Gasteiger partial charge in [-0.3, -0.25) is 4.79 Å². The van der Waals surface area contributed by atoms with Crippen LogP contribution in [0, 0.1) is 11.3 Å². The molecule has 1 aliphatic rings. The van der Waals surface area contributed by atoms with E-state index in [2.05, 4.69) is 11.4 Å². The highest BCUT2D eigenvalue weighted by molar-refractivity contribution is 7.99. The number of thioether (sulfide) groups is 2. The molecule has 1 N–H and O–H groups in total. The summed E-state index contributed by atoms with van der Waals surface area (Å²) in [6.07, 6.45) is 9.61. The highest BCUT2D eigenvalue weighted by Gasteiger charge is 2.16. The van der Waals surface area contributed by atoms with Crippen LogP contribution >= 0.6 is 23.5 Å². The average molecular weight is 331 g/mol. The van der Waals surface area contributed by atoms with Gasteiger partial charge in [-0.15, -0.1) is 23.5 Å². The number of rotatable bonds is 4. The number of carbonyl (C=O) groups excluding carboxylic acids is 1. The molecule has 22 heavy (non-hydrogen) atoms. The first kappa shape index (κ1) is 16.5. The minimum absolute atomic E-state index is 0.195. The van der Waals surface area contributed by atoms with Gasteiger partial charge in [0.05, 0.1) is 16.8 Å². The van der Waals surface area contributed by atoms with E-state index in [1.807, 2.05) is 48.9 Å². The fourth-order valence-corrected chi connectivity index (χ4v) is 3.36. The molecule has 114 valence electrons. The Morgan fingerprint density at radius 1 is 1.32 bits per heavy atom. The van der Waals surface area contributed by atoms with Crippen molar-refractivity contribution in [2.24, 2.45) is 0 Å². The summed E-state index contributed by atoms with van der Waals surface area (Å²) in [5.74, 6) is -0.195. The van der Waals surface area contributed by atoms with Gasteiger partial charge < -0.3 is 10.2 Å². The van der Waals surface area contributed by atoms with Crippen LogP contribution in [0.5, 0.6) is 0 Å². The number of benzene rings is 1. The molecule has 1 aromatic rings. The van der Waals surface area contributed by atoms with Crippen LogP contribution in [0.25, 0.3) is 0 Å². The Hall–Kier alpha value is -1.84. The zero-order valence-corrected chi connectivity index (χ0v) is 14.3. The number of nitriles is 1. The molecule has 1 amide bonds. The van der Waals surface area contributed by atoms with Crippen molar-refractivity contribution in [3.8, 4) is 6.07 Å². The Bertz CT molecular complexity index is 689. The van der Waals surface area contributed by atoms with Crippen molar-refractivity contribution in [1.29, 1.82) is 5.26 Å². The summed E-state index contributed by atoms with van der Waals surface area (Å²) in [4.78, 5) is 16.3. The summed E-state index contributed by atoms with van der Waals surface area (Å²) >= 11 is 3.01. The van der Waals surface area contributed by atoms with Gasteiger partial charge in [0, 0.05) is 29.6 Å². The van der Waals surface area contributed by atoms with Gasteiger partial charge in [-0.1, -0.05) is 6.08 Å². The second-order valence-corrected chi connectivity index (χ2v) is 6.44. The second kappa shape index (κ2) is 7.43. The van der Waals surface area contributed by atoms with Gasteiger partial charge in [-0.25, -0.2) is 0 Å². The molecular weight excluding hydrogens is 314 g/mol. The molecule has 0 saturated heterocycles. The van der Waals surface area contributed by atoms with E-state index in [1.54, 1.807) is 6.07 Å². The molecule has 0 spiro atoms. The number of allylic oxidation sites excluding steroid dienone is 1. The molecular formula is C16H17N3OS2. The predicted octanol–water partition coefficient (Wildman–Crippen LogP) is 3.07. The van der Waals surface area contributed by atoms with E-state index >= 15 is 0 Å². The van der Waals surface area contributed by atoms with Gasteiger partial charge in [0.2, 0.25) is 0 Å². The van der Waals surface area contributed by atoms with Crippen molar-refractivity contribution in [2.45, 2.75) is 9.79 Å². The average Bonchev–Trinajstić information content (AvgIpc) is 2.53. The quantitative estimate of drug-likeness (QED) is 0.859. The molecule has 0 aliphatic carbocycles. The molecule has 1 heterocycles. The lowest BCUT2D eigenvalue weighted by molar-refractivity contribution is 0.0963. The smallest absolute Gasteiger partial charge is 0.256 e. The van der Waals surface area contributed by atoms with Crippen molar-refractivity contribution in [3.05, 3.63) is 47.3 Å². The molecule has 2 rings (SSSR count). The molecule has 0 saturated carbocycles.